The van der Waals surface area contributed by atoms with Crippen LogP contribution in [0.4, 0.5) is 0 Å². The van der Waals surface area contributed by atoms with Gasteiger partial charge in [0.25, 0.3) is 11.7 Å². The quantitative estimate of drug-likeness (QED) is 0.440. The highest BCUT2D eigenvalue weighted by Gasteiger charge is 2.45. The zero-order valence-electron chi connectivity index (χ0n) is 16.7. The number of pyridine rings is 1. The molecule has 1 aromatic carbocycles. The molecule has 1 saturated heterocycles. The summed E-state index contributed by atoms with van der Waals surface area (Å²) in [4.78, 5) is 31.0. The molecule has 1 aliphatic rings. The summed E-state index contributed by atoms with van der Waals surface area (Å²) in [6.45, 7) is 4.33. The van der Waals surface area contributed by atoms with E-state index in [0.717, 1.165) is 0 Å². The molecule has 1 atom stereocenters. The molecule has 1 aromatic heterocycles. The Morgan fingerprint density at radius 2 is 1.93 bits per heavy atom. The van der Waals surface area contributed by atoms with E-state index < -0.39 is 17.7 Å². The van der Waals surface area contributed by atoms with Gasteiger partial charge in [0.1, 0.15) is 11.5 Å². The fourth-order valence-electron chi connectivity index (χ4n) is 3.30. The molecule has 1 aliphatic heterocycles. The minimum Gasteiger partial charge on any atom is -0.507 e. The summed E-state index contributed by atoms with van der Waals surface area (Å²) in [6, 6.07) is 9.53. The molecule has 0 unspecified atom stereocenters. The lowest BCUT2D eigenvalue weighted by Crippen LogP contribution is -2.32. The number of hydrogen-bond donors (Lipinski definition) is 1. The summed E-state index contributed by atoms with van der Waals surface area (Å²) in [7, 11) is 1.52. The van der Waals surface area contributed by atoms with E-state index in [2.05, 4.69) is 4.98 Å². The molecule has 152 valence electrons. The molecule has 3 rings (SSSR count). The Hall–Kier alpha value is -3.19. The van der Waals surface area contributed by atoms with Crippen LogP contribution in [0.2, 0.25) is 0 Å². The molecule has 1 amide bonds. The first-order valence-electron chi connectivity index (χ1n) is 9.38. The fourth-order valence-corrected chi connectivity index (χ4v) is 3.30. The maximum Gasteiger partial charge on any atom is 0.295 e. The summed E-state index contributed by atoms with van der Waals surface area (Å²) in [5.74, 6) is -0.971. The van der Waals surface area contributed by atoms with Gasteiger partial charge in [0.05, 0.1) is 24.3 Å². The molecule has 0 aliphatic carbocycles. The van der Waals surface area contributed by atoms with Gasteiger partial charge in [-0.2, -0.15) is 0 Å². The monoisotopic (exact) mass is 396 g/mol. The highest BCUT2D eigenvalue weighted by atomic mass is 16.5. The van der Waals surface area contributed by atoms with Gasteiger partial charge in [0, 0.05) is 31.6 Å². The molecule has 2 aromatic rings. The molecule has 2 heterocycles. The fraction of sp³-hybridized carbons (Fsp3) is 0.318. The SMILES string of the molecule is COCCN1C(=O)C(=O)/C(=C(/O)c2ccc(OC(C)C)cc2)[C@@H]1c1cccnc1. The summed E-state index contributed by atoms with van der Waals surface area (Å²) >= 11 is 0. The van der Waals surface area contributed by atoms with Crippen molar-refractivity contribution in [2.45, 2.75) is 26.0 Å². The van der Waals surface area contributed by atoms with Crippen molar-refractivity contribution in [2.75, 3.05) is 20.3 Å². The van der Waals surface area contributed by atoms with Crippen molar-refractivity contribution in [3.63, 3.8) is 0 Å². The van der Waals surface area contributed by atoms with Crippen LogP contribution >= 0.6 is 0 Å². The second-order valence-corrected chi connectivity index (χ2v) is 6.96. The third-order valence-electron chi connectivity index (χ3n) is 4.58. The van der Waals surface area contributed by atoms with Crippen molar-refractivity contribution in [1.29, 1.82) is 0 Å². The Kier molecular flexibility index (Phi) is 6.29. The van der Waals surface area contributed by atoms with E-state index in [1.54, 1.807) is 48.8 Å². The molecule has 1 N–H and O–H groups in total. The lowest BCUT2D eigenvalue weighted by molar-refractivity contribution is -0.140. The number of ether oxygens (including phenoxy) is 2. The number of carbonyl (C=O) groups excluding carboxylic acids is 2. The van der Waals surface area contributed by atoms with Crippen LogP contribution in [0.3, 0.4) is 0 Å². The van der Waals surface area contributed by atoms with Gasteiger partial charge in [-0.1, -0.05) is 6.07 Å². The number of aliphatic hydroxyl groups excluding tert-OH is 1. The highest BCUT2D eigenvalue weighted by Crippen LogP contribution is 2.39. The summed E-state index contributed by atoms with van der Waals surface area (Å²) in [5, 5.41) is 10.9. The lowest BCUT2D eigenvalue weighted by atomic mass is 9.96. The number of nitrogens with zero attached hydrogens (tertiary/aromatic N) is 2. The second kappa shape index (κ2) is 8.87. The molecule has 7 nitrogen and oxygen atoms in total. The number of carbonyl (C=O) groups is 2. The number of ketones is 1. The number of amides is 1. The minimum atomic E-state index is -0.731. The van der Waals surface area contributed by atoms with E-state index in [1.807, 2.05) is 13.8 Å². The third kappa shape index (κ3) is 4.30. The van der Waals surface area contributed by atoms with E-state index in [4.69, 9.17) is 9.47 Å². The molecular weight excluding hydrogens is 372 g/mol. The van der Waals surface area contributed by atoms with Gasteiger partial charge in [-0.25, -0.2) is 0 Å². The minimum absolute atomic E-state index is 0.0196. The molecule has 0 saturated carbocycles. The lowest BCUT2D eigenvalue weighted by Gasteiger charge is -2.24. The van der Waals surface area contributed by atoms with Crippen molar-refractivity contribution in [3.8, 4) is 5.75 Å². The second-order valence-electron chi connectivity index (χ2n) is 6.96. The standard InChI is InChI=1S/C22H24N2O5/c1-14(2)29-17-8-6-15(7-9-17)20(25)18-19(16-5-4-10-23-13-16)24(11-12-28-3)22(27)21(18)26/h4-10,13-14,19,25H,11-12H2,1-3H3/b20-18+/t19-/m0/s1. The topological polar surface area (TPSA) is 89.0 Å². The average Bonchev–Trinajstić information content (AvgIpc) is 2.97. The molecule has 0 radical (unpaired) electrons. The van der Waals surface area contributed by atoms with Crippen molar-refractivity contribution >= 4 is 17.4 Å². The molecule has 0 bridgehead atoms. The number of benzene rings is 1. The Morgan fingerprint density at radius 1 is 1.21 bits per heavy atom. The van der Waals surface area contributed by atoms with Gasteiger partial charge < -0.3 is 19.5 Å². The first kappa shape index (κ1) is 20.5. The highest BCUT2D eigenvalue weighted by molar-refractivity contribution is 6.46. The summed E-state index contributed by atoms with van der Waals surface area (Å²) in [5.41, 5.74) is 1.11. The number of aromatic nitrogens is 1. The Balaban J connectivity index is 2.05. The zero-order chi connectivity index (χ0) is 21.0. The van der Waals surface area contributed by atoms with Crippen LogP contribution in [0, 0.1) is 0 Å². The summed E-state index contributed by atoms with van der Waals surface area (Å²) in [6.07, 6.45) is 3.22. The van der Waals surface area contributed by atoms with Gasteiger partial charge in [0.2, 0.25) is 0 Å². The van der Waals surface area contributed by atoms with Crippen molar-refractivity contribution in [1.82, 2.24) is 9.88 Å². The normalized spacial score (nSPS) is 18.5. The van der Waals surface area contributed by atoms with Crippen LogP contribution in [0.5, 0.6) is 5.75 Å². The van der Waals surface area contributed by atoms with Gasteiger partial charge in [0.15, 0.2) is 0 Å². The molecule has 29 heavy (non-hydrogen) atoms. The van der Waals surface area contributed by atoms with Crippen LogP contribution < -0.4 is 4.74 Å². The van der Waals surface area contributed by atoms with Crippen LogP contribution in [0.1, 0.15) is 31.0 Å². The largest absolute Gasteiger partial charge is 0.507 e. The first-order valence-corrected chi connectivity index (χ1v) is 9.38. The van der Waals surface area contributed by atoms with Gasteiger partial charge >= 0.3 is 0 Å². The Morgan fingerprint density at radius 3 is 2.52 bits per heavy atom. The van der Waals surface area contributed by atoms with E-state index >= 15 is 0 Å². The van der Waals surface area contributed by atoms with Crippen molar-refractivity contribution in [3.05, 3.63) is 65.5 Å². The molecular formula is C22H24N2O5. The van der Waals surface area contributed by atoms with Crippen molar-refractivity contribution < 1.29 is 24.2 Å². The van der Waals surface area contributed by atoms with E-state index in [-0.39, 0.29) is 30.6 Å². The predicted molar refractivity (Wildman–Crippen MR) is 107 cm³/mol. The van der Waals surface area contributed by atoms with Gasteiger partial charge in [-0.3, -0.25) is 14.6 Å². The van der Waals surface area contributed by atoms with E-state index in [1.165, 1.54) is 12.0 Å². The van der Waals surface area contributed by atoms with Crippen LogP contribution in [-0.2, 0) is 14.3 Å². The molecule has 1 fully saturated rings. The maximum atomic E-state index is 12.8. The predicted octanol–water partition coefficient (Wildman–Crippen LogP) is 2.94. The number of likely N-dealkylation sites (tertiary alicyclic amines) is 1. The average molecular weight is 396 g/mol. The van der Waals surface area contributed by atoms with Gasteiger partial charge in [-0.15, -0.1) is 0 Å². The maximum absolute atomic E-state index is 12.8. The van der Waals surface area contributed by atoms with Crippen LogP contribution in [0.15, 0.2) is 54.4 Å². The molecule has 7 heteroatoms. The first-order chi connectivity index (χ1) is 13.9. The molecule has 0 spiro atoms. The number of Topliss-reactive ketones (excluding diaryl/α,β-unsaturated/α-hetero) is 1. The third-order valence-corrected chi connectivity index (χ3v) is 4.58. The van der Waals surface area contributed by atoms with E-state index in [0.29, 0.717) is 16.9 Å². The zero-order valence-corrected chi connectivity index (χ0v) is 16.7. The Labute approximate surface area is 169 Å². The Bertz CT molecular complexity index is 907. The van der Waals surface area contributed by atoms with Crippen molar-refractivity contribution in [2.24, 2.45) is 0 Å². The number of aliphatic hydroxyl groups is 1. The van der Waals surface area contributed by atoms with Crippen LogP contribution in [0.25, 0.3) is 5.76 Å². The summed E-state index contributed by atoms with van der Waals surface area (Å²) < 4.78 is 10.7. The van der Waals surface area contributed by atoms with E-state index in [9.17, 15) is 14.7 Å². The number of rotatable bonds is 7. The smallest absolute Gasteiger partial charge is 0.295 e. The number of methoxy groups -OCH3 is 1. The van der Waals surface area contributed by atoms with Gasteiger partial charge in [-0.05, 0) is 49.7 Å². The number of hydrogen-bond acceptors (Lipinski definition) is 6. The van der Waals surface area contributed by atoms with Crippen LogP contribution in [-0.4, -0.2) is 53.0 Å².